The molecule has 7 nitrogen and oxygen atoms in total. The number of ether oxygens (including phenoxy) is 1. The Balaban J connectivity index is -0.000000422. The van der Waals surface area contributed by atoms with E-state index in [9.17, 15) is 14.4 Å². The van der Waals surface area contributed by atoms with Crippen LogP contribution in [0, 0.1) is 0 Å². The second-order valence-electron chi connectivity index (χ2n) is 8.44. The molecule has 0 aromatic heterocycles. The number of hydrogen-bond acceptors (Lipinski definition) is 5. The predicted octanol–water partition coefficient (Wildman–Crippen LogP) is 4.79. The first-order chi connectivity index (χ1) is 14.8. The average Bonchev–Trinajstić information content (AvgIpc) is 2.70. The number of hydrogen-bond donors (Lipinski definition) is 3. The zero-order chi connectivity index (χ0) is 25.6. The third-order valence-electron chi connectivity index (χ3n) is 3.72. The van der Waals surface area contributed by atoms with E-state index in [-0.39, 0.29) is 23.0 Å². The molecule has 0 aliphatic heterocycles. The molecule has 0 aromatic carbocycles. The van der Waals surface area contributed by atoms with Crippen molar-refractivity contribution < 1.29 is 24.2 Å². The number of amides is 1. The SMILES string of the molecule is C=C(C)C(=O)O.C=C(C)C(=O)OCCNC(C)(C)C.C=CC(=O)NCCCCCCCC. The molecular formula is C25H46N2O5. The minimum atomic E-state index is -0.935. The Hall–Kier alpha value is -2.41. The van der Waals surface area contributed by atoms with Crippen LogP contribution in [-0.4, -0.2) is 48.2 Å². The van der Waals surface area contributed by atoms with Crippen molar-refractivity contribution >= 4 is 17.8 Å². The van der Waals surface area contributed by atoms with Gasteiger partial charge >= 0.3 is 11.9 Å². The van der Waals surface area contributed by atoms with Crippen LogP contribution in [0.1, 0.15) is 80.1 Å². The van der Waals surface area contributed by atoms with Crippen molar-refractivity contribution in [2.24, 2.45) is 0 Å². The van der Waals surface area contributed by atoms with Crippen LogP contribution in [0.15, 0.2) is 37.0 Å². The number of aliphatic carboxylic acids is 1. The summed E-state index contributed by atoms with van der Waals surface area (Å²) in [6, 6.07) is 0. The minimum absolute atomic E-state index is 0.0615. The second-order valence-corrected chi connectivity index (χ2v) is 8.44. The molecule has 0 fully saturated rings. The lowest BCUT2D eigenvalue weighted by atomic mass is 10.1. The summed E-state index contributed by atoms with van der Waals surface area (Å²) in [5.41, 5.74) is 0.682. The van der Waals surface area contributed by atoms with Gasteiger partial charge in [0.2, 0.25) is 5.91 Å². The fraction of sp³-hybridized carbons (Fsp3) is 0.640. The van der Waals surface area contributed by atoms with Crippen molar-refractivity contribution in [1.82, 2.24) is 10.6 Å². The molecule has 0 radical (unpaired) electrons. The average molecular weight is 455 g/mol. The number of carboxylic acid groups (broad SMARTS) is 1. The normalized spacial score (nSPS) is 9.81. The molecule has 0 aliphatic carbocycles. The molecule has 186 valence electrons. The molecule has 0 atom stereocenters. The van der Waals surface area contributed by atoms with Crippen molar-refractivity contribution in [3.05, 3.63) is 37.0 Å². The van der Waals surface area contributed by atoms with Crippen molar-refractivity contribution in [2.45, 2.75) is 85.6 Å². The number of esters is 1. The Morgan fingerprint density at radius 2 is 1.44 bits per heavy atom. The van der Waals surface area contributed by atoms with Crippen molar-refractivity contribution in [1.29, 1.82) is 0 Å². The van der Waals surface area contributed by atoms with Crippen LogP contribution in [0.4, 0.5) is 0 Å². The Kier molecular flexibility index (Phi) is 23.3. The number of carboxylic acids is 1. The van der Waals surface area contributed by atoms with E-state index in [4.69, 9.17) is 9.84 Å². The molecule has 0 bridgehead atoms. The van der Waals surface area contributed by atoms with E-state index in [0.29, 0.717) is 18.7 Å². The maximum Gasteiger partial charge on any atom is 0.333 e. The maximum absolute atomic E-state index is 10.9. The predicted molar refractivity (Wildman–Crippen MR) is 133 cm³/mol. The molecule has 0 aromatic rings. The summed E-state index contributed by atoms with van der Waals surface area (Å²) >= 11 is 0. The lowest BCUT2D eigenvalue weighted by Crippen LogP contribution is -2.38. The summed E-state index contributed by atoms with van der Waals surface area (Å²) in [4.78, 5) is 31.2. The smallest absolute Gasteiger partial charge is 0.333 e. The Morgan fingerprint density at radius 3 is 1.84 bits per heavy atom. The number of rotatable bonds is 13. The molecule has 0 unspecified atom stereocenters. The molecular weight excluding hydrogens is 408 g/mol. The van der Waals surface area contributed by atoms with Gasteiger partial charge in [-0.1, -0.05) is 58.8 Å². The summed E-state index contributed by atoms with van der Waals surface area (Å²) in [6.45, 7) is 23.4. The van der Waals surface area contributed by atoms with E-state index in [1.807, 2.05) is 0 Å². The lowest BCUT2D eigenvalue weighted by Gasteiger charge is -2.20. The topological polar surface area (TPSA) is 105 Å². The highest BCUT2D eigenvalue weighted by atomic mass is 16.5. The number of carbonyl (C=O) groups is 3. The van der Waals surface area contributed by atoms with Crippen LogP contribution in [0.5, 0.6) is 0 Å². The van der Waals surface area contributed by atoms with E-state index in [2.05, 4.69) is 58.1 Å². The third-order valence-corrected chi connectivity index (χ3v) is 3.72. The van der Waals surface area contributed by atoms with Gasteiger partial charge in [-0.25, -0.2) is 9.59 Å². The highest BCUT2D eigenvalue weighted by molar-refractivity contribution is 5.87. The molecule has 0 rings (SSSR count). The summed E-state index contributed by atoms with van der Waals surface area (Å²) < 4.78 is 4.90. The summed E-state index contributed by atoms with van der Waals surface area (Å²) in [6.07, 6.45) is 8.85. The van der Waals surface area contributed by atoms with E-state index in [1.165, 1.54) is 45.1 Å². The third kappa shape index (κ3) is 32.3. The first-order valence-corrected chi connectivity index (χ1v) is 11.1. The van der Waals surface area contributed by atoms with Gasteiger partial charge in [0, 0.05) is 29.8 Å². The molecule has 0 spiro atoms. The van der Waals surface area contributed by atoms with Crippen LogP contribution < -0.4 is 10.6 Å². The highest BCUT2D eigenvalue weighted by Crippen LogP contribution is 2.03. The van der Waals surface area contributed by atoms with Gasteiger partial charge in [0.05, 0.1) is 0 Å². The van der Waals surface area contributed by atoms with Crippen molar-refractivity contribution in [3.63, 3.8) is 0 Å². The maximum atomic E-state index is 10.9. The fourth-order valence-corrected chi connectivity index (χ4v) is 1.88. The van der Waals surface area contributed by atoms with Gasteiger partial charge < -0.3 is 20.5 Å². The molecule has 0 aliphatic rings. The van der Waals surface area contributed by atoms with Crippen LogP contribution in [-0.2, 0) is 19.1 Å². The monoisotopic (exact) mass is 454 g/mol. The fourth-order valence-electron chi connectivity index (χ4n) is 1.88. The summed E-state index contributed by atoms with van der Waals surface area (Å²) in [5.74, 6) is -1.32. The number of unbranched alkanes of at least 4 members (excludes halogenated alkanes) is 5. The Morgan fingerprint density at radius 1 is 0.938 bits per heavy atom. The van der Waals surface area contributed by atoms with Crippen LogP contribution in [0.3, 0.4) is 0 Å². The van der Waals surface area contributed by atoms with E-state index in [0.717, 1.165) is 13.0 Å². The largest absolute Gasteiger partial charge is 0.478 e. The van der Waals surface area contributed by atoms with Crippen LogP contribution >= 0.6 is 0 Å². The first kappa shape index (κ1) is 34.2. The van der Waals surface area contributed by atoms with Gasteiger partial charge in [-0.15, -0.1) is 0 Å². The van der Waals surface area contributed by atoms with Crippen molar-refractivity contribution in [3.8, 4) is 0 Å². The van der Waals surface area contributed by atoms with Gasteiger partial charge in [0.1, 0.15) is 6.61 Å². The van der Waals surface area contributed by atoms with Gasteiger partial charge in [-0.2, -0.15) is 0 Å². The molecule has 0 saturated carbocycles. The zero-order valence-corrected chi connectivity index (χ0v) is 21.1. The summed E-state index contributed by atoms with van der Waals surface area (Å²) in [5, 5.41) is 13.9. The Bertz CT molecular complexity index is 565. The molecule has 3 N–H and O–H groups in total. The first-order valence-electron chi connectivity index (χ1n) is 11.1. The van der Waals surface area contributed by atoms with Gasteiger partial charge in [0.25, 0.3) is 0 Å². The van der Waals surface area contributed by atoms with E-state index < -0.39 is 5.97 Å². The van der Waals surface area contributed by atoms with Gasteiger partial charge in [-0.3, -0.25) is 4.79 Å². The molecule has 1 amide bonds. The standard InChI is InChI=1S/C11H21NO.C10H19NO2.C4H6O2/c1-3-5-6-7-8-9-10-12-11(13)4-2;1-8(2)9(12)13-7-6-11-10(3,4)5;1-3(2)4(5)6/h4H,2-3,5-10H2,1H3,(H,12,13);11H,1,6-7H2,2-5H3;1H2,2H3,(H,5,6). The van der Waals surface area contributed by atoms with Crippen molar-refractivity contribution in [2.75, 3.05) is 19.7 Å². The molecule has 7 heteroatoms. The van der Waals surface area contributed by atoms with E-state index >= 15 is 0 Å². The van der Waals surface area contributed by atoms with Gasteiger partial charge in [-0.05, 0) is 47.1 Å². The summed E-state index contributed by atoms with van der Waals surface area (Å²) in [7, 11) is 0. The quantitative estimate of drug-likeness (QED) is 0.210. The van der Waals surface area contributed by atoms with Crippen LogP contribution in [0.25, 0.3) is 0 Å². The van der Waals surface area contributed by atoms with E-state index in [1.54, 1.807) is 6.92 Å². The lowest BCUT2D eigenvalue weighted by molar-refractivity contribution is -0.139. The number of nitrogens with one attached hydrogen (secondary N) is 2. The zero-order valence-electron chi connectivity index (χ0n) is 21.1. The van der Waals surface area contributed by atoms with Gasteiger partial charge in [0.15, 0.2) is 0 Å². The molecule has 32 heavy (non-hydrogen) atoms. The minimum Gasteiger partial charge on any atom is -0.478 e. The Labute approximate surface area is 195 Å². The highest BCUT2D eigenvalue weighted by Gasteiger charge is 2.08. The second kappa shape index (κ2) is 21.8. The molecule has 0 heterocycles. The van der Waals surface area contributed by atoms with Crippen LogP contribution in [0.2, 0.25) is 0 Å². The number of carbonyl (C=O) groups excluding carboxylic acids is 2. The molecule has 0 saturated heterocycles.